The second-order valence-electron chi connectivity index (χ2n) is 3.17. The molecule has 2 rings (SSSR count). The van der Waals surface area contributed by atoms with E-state index in [2.05, 4.69) is 10.3 Å². The minimum Gasteiger partial charge on any atom is -0.439 e. The van der Waals surface area contributed by atoms with Gasteiger partial charge in [0, 0.05) is 19.2 Å². The third kappa shape index (κ3) is 2.48. The Morgan fingerprint density at radius 3 is 2.75 bits per heavy atom. The fourth-order valence-corrected chi connectivity index (χ4v) is 1.26. The van der Waals surface area contributed by atoms with Gasteiger partial charge in [-0.15, -0.1) is 0 Å². The van der Waals surface area contributed by atoms with E-state index in [0.29, 0.717) is 17.4 Å². The van der Waals surface area contributed by atoms with Gasteiger partial charge in [-0.1, -0.05) is 12.1 Å². The van der Waals surface area contributed by atoms with Gasteiger partial charge in [0.05, 0.1) is 0 Å². The topological polar surface area (TPSA) is 34.1 Å². The Morgan fingerprint density at radius 1 is 1.19 bits per heavy atom. The Hall–Kier alpha value is -2.10. The maximum Gasteiger partial charge on any atom is 0.221 e. The molecule has 0 unspecified atom stereocenters. The van der Waals surface area contributed by atoms with Crippen molar-refractivity contribution in [3.63, 3.8) is 0 Å². The Morgan fingerprint density at radius 2 is 2.00 bits per heavy atom. The molecule has 0 spiro atoms. The van der Waals surface area contributed by atoms with Crippen LogP contribution in [0.3, 0.4) is 0 Å². The highest BCUT2D eigenvalue weighted by molar-refractivity contribution is 5.37. The third-order valence-corrected chi connectivity index (χ3v) is 2.00. The molecule has 1 aromatic heterocycles. The van der Waals surface area contributed by atoms with Crippen LogP contribution in [0.2, 0.25) is 0 Å². The number of halogens is 1. The van der Waals surface area contributed by atoms with E-state index in [1.165, 1.54) is 12.1 Å². The first kappa shape index (κ1) is 10.4. The Balaban J connectivity index is 2.20. The summed E-state index contributed by atoms with van der Waals surface area (Å²) in [4.78, 5) is 4.16. The zero-order valence-corrected chi connectivity index (χ0v) is 8.77. The van der Waals surface area contributed by atoms with Crippen molar-refractivity contribution in [1.29, 1.82) is 0 Å². The van der Waals surface area contributed by atoms with Crippen LogP contribution in [0.25, 0.3) is 0 Å². The molecule has 0 aliphatic rings. The molecule has 82 valence electrons. The highest BCUT2D eigenvalue weighted by atomic mass is 19.1. The van der Waals surface area contributed by atoms with Crippen molar-refractivity contribution >= 4 is 5.82 Å². The van der Waals surface area contributed by atoms with Crippen LogP contribution in [0.4, 0.5) is 10.2 Å². The van der Waals surface area contributed by atoms with E-state index >= 15 is 0 Å². The summed E-state index contributed by atoms with van der Waals surface area (Å²) in [5, 5.41) is 2.90. The first-order valence-corrected chi connectivity index (χ1v) is 4.86. The summed E-state index contributed by atoms with van der Waals surface area (Å²) in [6.45, 7) is 0. The summed E-state index contributed by atoms with van der Waals surface area (Å²) in [6.07, 6.45) is 0. The van der Waals surface area contributed by atoms with E-state index in [9.17, 15) is 4.39 Å². The number of anilines is 1. The lowest BCUT2D eigenvalue weighted by Crippen LogP contribution is -1.94. The second kappa shape index (κ2) is 4.61. The van der Waals surface area contributed by atoms with E-state index in [1.807, 2.05) is 12.1 Å². The maximum absolute atomic E-state index is 12.9. The summed E-state index contributed by atoms with van der Waals surface area (Å²) in [6, 6.07) is 11.3. The van der Waals surface area contributed by atoms with E-state index < -0.39 is 0 Å². The normalized spacial score (nSPS) is 9.88. The molecule has 0 saturated carbocycles. The van der Waals surface area contributed by atoms with E-state index in [0.717, 1.165) is 0 Å². The number of nitrogens with zero attached hydrogens (tertiary/aromatic N) is 1. The first-order valence-electron chi connectivity index (χ1n) is 4.86. The van der Waals surface area contributed by atoms with E-state index in [4.69, 9.17) is 4.74 Å². The van der Waals surface area contributed by atoms with Gasteiger partial charge in [-0.05, 0) is 18.2 Å². The number of ether oxygens (including phenoxy) is 1. The van der Waals surface area contributed by atoms with Crippen LogP contribution >= 0.6 is 0 Å². The molecule has 0 radical (unpaired) electrons. The number of benzene rings is 1. The summed E-state index contributed by atoms with van der Waals surface area (Å²) in [5.41, 5.74) is 0. The number of hydrogen-bond donors (Lipinski definition) is 1. The molecule has 2 aromatic rings. The maximum atomic E-state index is 12.9. The molecule has 3 nitrogen and oxygen atoms in total. The lowest BCUT2D eigenvalue weighted by molar-refractivity contribution is 0.459. The van der Waals surface area contributed by atoms with Gasteiger partial charge in [0.1, 0.15) is 17.4 Å². The number of nitrogens with one attached hydrogen (secondary N) is 1. The molecule has 0 amide bonds. The zero-order valence-electron chi connectivity index (χ0n) is 8.77. The molecule has 0 aliphatic carbocycles. The van der Waals surface area contributed by atoms with Crippen molar-refractivity contribution in [2.45, 2.75) is 0 Å². The van der Waals surface area contributed by atoms with Gasteiger partial charge in [0.25, 0.3) is 0 Å². The fraction of sp³-hybridized carbons (Fsp3) is 0.0833. The van der Waals surface area contributed by atoms with Crippen LogP contribution in [0.5, 0.6) is 11.6 Å². The SMILES string of the molecule is CNc1cccc(Oc2cccc(F)c2)n1. The lowest BCUT2D eigenvalue weighted by atomic mass is 10.3. The van der Waals surface area contributed by atoms with Crippen molar-refractivity contribution in [2.75, 3.05) is 12.4 Å². The quantitative estimate of drug-likeness (QED) is 0.859. The molecule has 1 heterocycles. The van der Waals surface area contributed by atoms with E-state index in [-0.39, 0.29) is 5.82 Å². The molecular weight excluding hydrogens is 207 g/mol. The highest BCUT2D eigenvalue weighted by Gasteiger charge is 2.00. The Bertz CT molecular complexity index is 488. The van der Waals surface area contributed by atoms with E-state index in [1.54, 1.807) is 25.2 Å². The van der Waals surface area contributed by atoms with Crippen molar-refractivity contribution < 1.29 is 9.13 Å². The number of hydrogen-bond acceptors (Lipinski definition) is 3. The predicted octanol–water partition coefficient (Wildman–Crippen LogP) is 3.05. The van der Waals surface area contributed by atoms with Gasteiger partial charge >= 0.3 is 0 Å². The molecule has 0 saturated heterocycles. The van der Waals surface area contributed by atoms with Crippen LogP contribution in [-0.2, 0) is 0 Å². The minimum absolute atomic E-state index is 0.331. The summed E-state index contributed by atoms with van der Waals surface area (Å²) < 4.78 is 18.3. The monoisotopic (exact) mass is 218 g/mol. The Labute approximate surface area is 92.9 Å². The predicted molar refractivity (Wildman–Crippen MR) is 60.3 cm³/mol. The first-order chi connectivity index (χ1) is 7.78. The van der Waals surface area contributed by atoms with Crippen molar-refractivity contribution in [3.05, 3.63) is 48.3 Å². The smallest absolute Gasteiger partial charge is 0.221 e. The van der Waals surface area contributed by atoms with Crippen molar-refractivity contribution in [1.82, 2.24) is 4.98 Å². The van der Waals surface area contributed by atoms with Crippen LogP contribution in [-0.4, -0.2) is 12.0 Å². The molecule has 1 N–H and O–H groups in total. The van der Waals surface area contributed by atoms with Gasteiger partial charge in [0.15, 0.2) is 0 Å². The van der Waals surface area contributed by atoms with Crippen LogP contribution in [0, 0.1) is 5.82 Å². The van der Waals surface area contributed by atoms with Gasteiger partial charge in [-0.25, -0.2) is 4.39 Å². The fourth-order valence-electron chi connectivity index (χ4n) is 1.26. The molecule has 0 fully saturated rings. The number of aromatic nitrogens is 1. The van der Waals surface area contributed by atoms with Crippen LogP contribution in [0.1, 0.15) is 0 Å². The second-order valence-corrected chi connectivity index (χ2v) is 3.17. The molecule has 0 atom stereocenters. The standard InChI is InChI=1S/C12H11FN2O/c1-14-11-6-3-7-12(15-11)16-10-5-2-4-9(13)8-10/h2-8H,1H3,(H,14,15). The van der Waals surface area contributed by atoms with Gasteiger partial charge in [-0.2, -0.15) is 4.98 Å². The number of rotatable bonds is 3. The van der Waals surface area contributed by atoms with Crippen molar-refractivity contribution in [3.8, 4) is 11.6 Å². The van der Waals surface area contributed by atoms with Crippen LogP contribution in [0.15, 0.2) is 42.5 Å². The van der Waals surface area contributed by atoms with Crippen LogP contribution < -0.4 is 10.1 Å². The summed E-state index contributed by atoms with van der Waals surface area (Å²) in [7, 11) is 1.77. The average Bonchev–Trinajstić information content (AvgIpc) is 2.29. The largest absolute Gasteiger partial charge is 0.439 e. The Kier molecular flexibility index (Phi) is 3.00. The molecule has 0 aliphatic heterocycles. The van der Waals surface area contributed by atoms with Gasteiger partial charge in [-0.3, -0.25) is 0 Å². The molecule has 16 heavy (non-hydrogen) atoms. The number of pyridine rings is 1. The minimum atomic E-state index is -0.331. The van der Waals surface area contributed by atoms with Gasteiger partial charge in [0.2, 0.25) is 5.88 Å². The third-order valence-electron chi connectivity index (χ3n) is 2.00. The lowest BCUT2D eigenvalue weighted by Gasteiger charge is -2.06. The zero-order chi connectivity index (χ0) is 11.4. The molecular formula is C12H11FN2O. The average molecular weight is 218 g/mol. The molecule has 0 bridgehead atoms. The van der Waals surface area contributed by atoms with Gasteiger partial charge < -0.3 is 10.1 Å². The summed E-state index contributed by atoms with van der Waals surface area (Å²) >= 11 is 0. The molecule has 1 aromatic carbocycles. The highest BCUT2D eigenvalue weighted by Crippen LogP contribution is 2.20. The summed E-state index contributed by atoms with van der Waals surface area (Å²) in [5.74, 6) is 1.23. The van der Waals surface area contributed by atoms with Crippen molar-refractivity contribution in [2.24, 2.45) is 0 Å². The molecule has 4 heteroatoms.